The first-order valence-corrected chi connectivity index (χ1v) is 9.45. The SMILES string of the molecule is CC(COc1ccccc1F)NC(=O)C1CCN(c2ccc(Cl)cn2)CC1. The van der Waals surface area contributed by atoms with Gasteiger partial charge in [0.15, 0.2) is 11.6 Å². The molecule has 0 aliphatic carbocycles. The zero-order chi connectivity index (χ0) is 19.2. The van der Waals surface area contributed by atoms with Crippen LogP contribution in [0.1, 0.15) is 19.8 Å². The van der Waals surface area contributed by atoms with Gasteiger partial charge < -0.3 is 15.0 Å². The van der Waals surface area contributed by atoms with Gasteiger partial charge in [-0.25, -0.2) is 9.37 Å². The van der Waals surface area contributed by atoms with Gasteiger partial charge in [0.05, 0.1) is 11.1 Å². The van der Waals surface area contributed by atoms with Crippen LogP contribution in [0.2, 0.25) is 5.02 Å². The standard InChI is InChI=1S/C20H23ClFN3O2/c1-14(13-27-18-5-3-2-4-17(18)22)24-20(26)15-8-10-25(11-9-15)19-7-6-16(21)12-23-19/h2-7,12,14-15H,8-11,13H2,1H3,(H,24,26). The Balaban J connectivity index is 1.43. The van der Waals surface area contributed by atoms with Crippen molar-refractivity contribution in [2.45, 2.75) is 25.8 Å². The van der Waals surface area contributed by atoms with Crippen molar-refractivity contribution in [2.24, 2.45) is 5.92 Å². The molecule has 27 heavy (non-hydrogen) atoms. The molecule has 1 aliphatic heterocycles. The molecule has 1 fully saturated rings. The van der Waals surface area contributed by atoms with Gasteiger partial charge in [-0.3, -0.25) is 4.79 Å². The van der Waals surface area contributed by atoms with Crippen molar-refractivity contribution in [3.8, 4) is 5.75 Å². The lowest BCUT2D eigenvalue weighted by Gasteiger charge is -2.32. The molecule has 1 aliphatic rings. The number of hydrogen-bond acceptors (Lipinski definition) is 4. The quantitative estimate of drug-likeness (QED) is 0.816. The highest BCUT2D eigenvalue weighted by atomic mass is 35.5. The van der Waals surface area contributed by atoms with E-state index in [2.05, 4.69) is 15.2 Å². The molecule has 0 bridgehead atoms. The van der Waals surface area contributed by atoms with Gasteiger partial charge in [-0.2, -0.15) is 0 Å². The number of carbonyl (C=O) groups excluding carboxylic acids is 1. The number of nitrogens with one attached hydrogen (secondary N) is 1. The number of halogens is 2. The second-order valence-electron chi connectivity index (χ2n) is 6.75. The number of benzene rings is 1. The molecule has 2 aromatic rings. The fraction of sp³-hybridized carbons (Fsp3) is 0.400. The molecular weight excluding hydrogens is 369 g/mol. The average molecular weight is 392 g/mol. The maximum atomic E-state index is 13.6. The molecule has 2 heterocycles. The topological polar surface area (TPSA) is 54.5 Å². The molecule has 1 unspecified atom stereocenters. The lowest BCUT2D eigenvalue weighted by Crippen LogP contribution is -2.44. The van der Waals surface area contributed by atoms with Gasteiger partial charge in [0.2, 0.25) is 5.91 Å². The third kappa shape index (κ3) is 5.32. The summed E-state index contributed by atoms with van der Waals surface area (Å²) in [4.78, 5) is 19.0. The van der Waals surface area contributed by atoms with E-state index in [0.29, 0.717) is 5.02 Å². The fourth-order valence-corrected chi connectivity index (χ4v) is 3.22. The first-order chi connectivity index (χ1) is 13.0. The molecule has 0 radical (unpaired) electrons. The minimum absolute atomic E-state index is 0.0170. The highest BCUT2D eigenvalue weighted by Gasteiger charge is 2.26. The number of aromatic nitrogens is 1. The molecule has 1 N–H and O–H groups in total. The first kappa shape index (κ1) is 19.4. The van der Waals surface area contributed by atoms with Crippen molar-refractivity contribution in [3.63, 3.8) is 0 Å². The second-order valence-corrected chi connectivity index (χ2v) is 7.18. The Bertz CT molecular complexity index is 764. The number of amides is 1. The van der Waals surface area contributed by atoms with E-state index in [1.807, 2.05) is 19.1 Å². The van der Waals surface area contributed by atoms with Crippen LogP contribution in [0.4, 0.5) is 10.2 Å². The van der Waals surface area contributed by atoms with Crippen LogP contribution in [0, 0.1) is 11.7 Å². The van der Waals surface area contributed by atoms with Crippen LogP contribution in [0.25, 0.3) is 0 Å². The zero-order valence-electron chi connectivity index (χ0n) is 15.2. The molecule has 7 heteroatoms. The monoisotopic (exact) mass is 391 g/mol. The van der Waals surface area contributed by atoms with E-state index >= 15 is 0 Å². The number of anilines is 1. The fourth-order valence-electron chi connectivity index (χ4n) is 3.10. The lowest BCUT2D eigenvalue weighted by atomic mass is 9.95. The highest BCUT2D eigenvalue weighted by molar-refractivity contribution is 6.30. The van der Waals surface area contributed by atoms with E-state index in [1.165, 1.54) is 6.07 Å². The summed E-state index contributed by atoms with van der Waals surface area (Å²) in [7, 11) is 0. The van der Waals surface area contributed by atoms with Crippen LogP contribution in [0.15, 0.2) is 42.6 Å². The van der Waals surface area contributed by atoms with Gasteiger partial charge in [0.1, 0.15) is 12.4 Å². The summed E-state index contributed by atoms with van der Waals surface area (Å²) < 4.78 is 19.0. The largest absolute Gasteiger partial charge is 0.488 e. The molecule has 1 atom stereocenters. The number of piperidine rings is 1. The highest BCUT2D eigenvalue weighted by Crippen LogP contribution is 2.23. The van der Waals surface area contributed by atoms with E-state index in [4.69, 9.17) is 16.3 Å². The normalized spacial score (nSPS) is 16.0. The number of nitrogens with zero attached hydrogens (tertiary/aromatic N) is 2. The van der Waals surface area contributed by atoms with Crippen LogP contribution in [-0.4, -0.2) is 36.6 Å². The van der Waals surface area contributed by atoms with Crippen molar-refractivity contribution in [1.82, 2.24) is 10.3 Å². The Morgan fingerprint density at radius 2 is 2.07 bits per heavy atom. The average Bonchev–Trinajstić information content (AvgIpc) is 2.68. The van der Waals surface area contributed by atoms with Crippen molar-refractivity contribution < 1.29 is 13.9 Å². The van der Waals surface area contributed by atoms with Crippen LogP contribution < -0.4 is 15.0 Å². The molecule has 5 nitrogen and oxygen atoms in total. The Morgan fingerprint density at radius 1 is 1.33 bits per heavy atom. The number of hydrogen-bond donors (Lipinski definition) is 1. The summed E-state index contributed by atoms with van der Waals surface area (Å²) in [6.07, 6.45) is 3.15. The number of rotatable bonds is 6. The van der Waals surface area contributed by atoms with Gasteiger partial charge in [0, 0.05) is 25.2 Å². The van der Waals surface area contributed by atoms with E-state index in [1.54, 1.807) is 24.4 Å². The summed E-state index contributed by atoms with van der Waals surface area (Å²) in [5, 5.41) is 3.57. The van der Waals surface area contributed by atoms with Crippen LogP contribution in [0.5, 0.6) is 5.75 Å². The molecule has 144 valence electrons. The minimum Gasteiger partial charge on any atom is -0.488 e. The Morgan fingerprint density at radius 3 is 2.74 bits per heavy atom. The van der Waals surface area contributed by atoms with Crippen molar-refractivity contribution >= 4 is 23.3 Å². The smallest absolute Gasteiger partial charge is 0.223 e. The Hall–Kier alpha value is -2.34. The van der Waals surface area contributed by atoms with Crippen LogP contribution in [-0.2, 0) is 4.79 Å². The maximum absolute atomic E-state index is 13.6. The van der Waals surface area contributed by atoms with Gasteiger partial charge in [-0.05, 0) is 44.0 Å². The Labute approximate surface area is 163 Å². The molecule has 0 saturated carbocycles. The van der Waals surface area contributed by atoms with Gasteiger partial charge >= 0.3 is 0 Å². The summed E-state index contributed by atoms with van der Waals surface area (Å²) >= 11 is 5.87. The first-order valence-electron chi connectivity index (χ1n) is 9.07. The summed E-state index contributed by atoms with van der Waals surface area (Å²) in [5.74, 6) is 0.652. The molecular formula is C20H23ClFN3O2. The summed E-state index contributed by atoms with van der Waals surface area (Å²) in [5.41, 5.74) is 0. The molecule has 1 saturated heterocycles. The molecule has 0 spiro atoms. The van der Waals surface area contributed by atoms with Gasteiger partial charge in [0.25, 0.3) is 0 Å². The number of ether oxygens (including phenoxy) is 1. The third-order valence-electron chi connectivity index (χ3n) is 4.62. The molecule has 1 amide bonds. The van der Waals surface area contributed by atoms with Gasteiger partial charge in [-0.15, -0.1) is 0 Å². The number of para-hydroxylation sites is 1. The molecule has 1 aromatic heterocycles. The summed E-state index contributed by atoms with van der Waals surface area (Å²) in [6, 6.07) is 9.76. The zero-order valence-corrected chi connectivity index (χ0v) is 16.0. The number of carbonyl (C=O) groups is 1. The number of pyridine rings is 1. The van der Waals surface area contributed by atoms with E-state index in [9.17, 15) is 9.18 Å². The molecule has 1 aromatic carbocycles. The predicted octanol–water partition coefficient (Wildman–Crippen LogP) is 3.67. The third-order valence-corrected chi connectivity index (χ3v) is 4.84. The Kier molecular flexibility index (Phi) is 6.50. The van der Waals surface area contributed by atoms with Crippen molar-refractivity contribution in [1.29, 1.82) is 0 Å². The second kappa shape index (κ2) is 9.04. The van der Waals surface area contributed by atoms with Crippen LogP contribution >= 0.6 is 11.6 Å². The predicted molar refractivity (Wildman–Crippen MR) is 104 cm³/mol. The van der Waals surface area contributed by atoms with E-state index in [-0.39, 0.29) is 30.2 Å². The van der Waals surface area contributed by atoms with E-state index in [0.717, 1.165) is 31.7 Å². The molecule has 3 rings (SSSR count). The van der Waals surface area contributed by atoms with Crippen LogP contribution in [0.3, 0.4) is 0 Å². The lowest BCUT2D eigenvalue weighted by molar-refractivity contribution is -0.126. The van der Waals surface area contributed by atoms with Crippen molar-refractivity contribution in [3.05, 3.63) is 53.4 Å². The van der Waals surface area contributed by atoms with Gasteiger partial charge in [-0.1, -0.05) is 23.7 Å². The minimum atomic E-state index is -0.404. The van der Waals surface area contributed by atoms with Crippen molar-refractivity contribution in [2.75, 3.05) is 24.6 Å². The maximum Gasteiger partial charge on any atom is 0.223 e. The van der Waals surface area contributed by atoms with E-state index < -0.39 is 5.82 Å². The summed E-state index contributed by atoms with van der Waals surface area (Å²) in [6.45, 7) is 3.62.